The zero-order chi connectivity index (χ0) is 15.1. The molecule has 0 fully saturated rings. The Morgan fingerprint density at radius 1 is 0.700 bits per heavy atom. The van der Waals surface area contributed by atoms with E-state index in [-0.39, 0.29) is 25.8 Å². The minimum atomic E-state index is -0.0129. The molecule has 0 aromatic rings. The van der Waals surface area contributed by atoms with Crippen LogP contribution in [0.15, 0.2) is 0 Å². The van der Waals surface area contributed by atoms with Gasteiger partial charge in [0.25, 0.3) is 0 Å². The second-order valence-corrected chi connectivity index (χ2v) is 5.52. The Kier molecular flexibility index (Phi) is 17.6. The molecule has 0 unspecified atom stereocenters. The summed E-state index contributed by atoms with van der Waals surface area (Å²) in [6.07, 6.45) is -0.0258. The van der Waals surface area contributed by atoms with E-state index in [1.807, 2.05) is 0 Å². The third kappa shape index (κ3) is 11.8. The van der Waals surface area contributed by atoms with Crippen molar-refractivity contribution in [3.63, 3.8) is 0 Å². The molecule has 20 heavy (non-hydrogen) atoms. The maximum atomic E-state index is 5.67. The molecule has 0 rings (SSSR count). The third-order valence-corrected chi connectivity index (χ3v) is 4.05. The van der Waals surface area contributed by atoms with Gasteiger partial charge < -0.3 is 28.4 Å². The third-order valence-electron chi connectivity index (χ3n) is 2.31. The van der Waals surface area contributed by atoms with E-state index in [2.05, 4.69) is 45.2 Å². The molecule has 6 nitrogen and oxygen atoms in total. The summed E-state index contributed by atoms with van der Waals surface area (Å²) in [5, 5.41) is 0. The molecule has 0 saturated heterocycles. The van der Waals surface area contributed by atoms with Gasteiger partial charge >= 0.3 is 0 Å². The molecular weight excluding hydrogens is 494 g/mol. The molecule has 0 heterocycles. The van der Waals surface area contributed by atoms with E-state index >= 15 is 0 Å². The summed E-state index contributed by atoms with van der Waals surface area (Å²) < 4.78 is 33.4. The standard InChI is InChI=1S/C12H24I2O6/c1-15-3-5-17-9-19-11(7-13)12(8-14)20-10-18-6-4-16-2/h11-12H,3-10H2,1-2H3/t11-,12-/m0/s1. The summed E-state index contributed by atoms with van der Waals surface area (Å²) >= 11 is 4.56. The second-order valence-electron chi connectivity index (χ2n) is 3.76. The average Bonchev–Trinajstić information content (AvgIpc) is 2.48. The van der Waals surface area contributed by atoms with Crippen molar-refractivity contribution < 1.29 is 28.4 Å². The lowest BCUT2D eigenvalue weighted by atomic mass is 10.2. The van der Waals surface area contributed by atoms with E-state index in [0.717, 1.165) is 8.86 Å². The van der Waals surface area contributed by atoms with Crippen LogP contribution >= 0.6 is 45.2 Å². The summed E-state index contributed by atoms with van der Waals surface area (Å²) in [6, 6.07) is 0. The van der Waals surface area contributed by atoms with Gasteiger partial charge in [-0.15, -0.1) is 0 Å². The average molecular weight is 518 g/mol. The van der Waals surface area contributed by atoms with Gasteiger partial charge in [-0.25, -0.2) is 0 Å². The van der Waals surface area contributed by atoms with Gasteiger partial charge in [0, 0.05) is 23.1 Å². The first-order valence-corrected chi connectivity index (χ1v) is 9.33. The monoisotopic (exact) mass is 518 g/mol. The fourth-order valence-corrected chi connectivity index (χ4v) is 2.82. The van der Waals surface area contributed by atoms with Crippen LogP contribution in [0.25, 0.3) is 0 Å². The molecule has 0 saturated carbocycles. The second kappa shape index (κ2) is 16.6. The Labute approximate surface area is 148 Å². The van der Waals surface area contributed by atoms with Crippen molar-refractivity contribution in [1.82, 2.24) is 0 Å². The van der Waals surface area contributed by atoms with Crippen molar-refractivity contribution in [3.8, 4) is 0 Å². The molecule has 0 aliphatic rings. The quantitative estimate of drug-likeness (QED) is 0.143. The van der Waals surface area contributed by atoms with Gasteiger partial charge in [0.1, 0.15) is 13.6 Å². The first-order chi connectivity index (χ1) is 9.79. The Morgan fingerprint density at radius 2 is 1.10 bits per heavy atom. The van der Waals surface area contributed by atoms with Gasteiger partial charge in [-0.1, -0.05) is 45.2 Å². The van der Waals surface area contributed by atoms with E-state index in [4.69, 9.17) is 28.4 Å². The molecule has 0 bridgehead atoms. The summed E-state index contributed by atoms with van der Waals surface area (Å²) in [5.74, 6) is 0. The molecule has 0 amide bonds. The number of halogens is 2. The molecule has 2 atom stereocenters. The van der Waals surface area contributed by atoms with Gasteiger partial charge in [0.15, 0.2) is 0 Å². The molecule has 0 aromatic heterocycles. The van der Waals surface area contributed by atoms with Crippen LogP contribution in [0.3, 0.4) is 0 Å². The number of ether oxygens (including phenoxy) is 6. The van der Waals surface area contributed by atoms with Crippen molar-refractivity contribution in [3.05, 3.63) is 0 Å². The molecule has 0 aliphatic carbocycles. The molecule has 0 spiro atoms. The Morgan fingerprint density at radius 3 is 1.40 bits per heavy atom. The van der Waals surface area contributed by atoms with Crippen molar-refractivity contribution in [2.75, 3.05) is 63.1 Å². The number of hydrogen-bond acceptors (Lipinski definition) is 6. The lowest BCUT2D eigenvalue weighted by Crippen LogP contribution is -2.36. The van der Waals surface area contributed by atoms with E-state index in [0.29, 0.717) is 26.4 Å². The minimum absolute atomic E-state index is 0.0129. The highest BCUT2D eigenvalue weighted by Crippen LogP contribution is 2.11. The molecule has 0 aromatic carbocycles. The van der Waals surface area contributed by atoms with Crippen molar-refractivity contribution >= 4 is 45.2 Å². The van der Waals surface area contributed by atoms with E-state index < -0.39 is 0 Å². The smallest absolute Gasteiger partial charge is 0.147 e. The summed E-state index contributed by atoms with van der Waals surface area (Å²) in [4.78, 5) is 0. The number of methoxy groups -OCH3 is 2. The van der Waals surface area contributed by atoms with Crippen LogP contribution in [0.1, 0.15) is 0 Å². The lowest BCUT2D eigenvalue weighted by molar-refractivity contribution is -0.157. The lowest BCUT2D eigenvalue weighted by Gasteiger charge is -2.24. The van der Waals surface area contributed by atoms with Crippen LogP contribution in [0.4, 0.5) is 0 Å². The van der Waals surface area contributed by atoms with Crippen LogP contribution in [0.2, 0.25) is 0 Å². The highest BCUT2D eigenvalue weighted by atomic mass is 127. The zero-order valence-electron chi connectivity index (χ0n) is 12.0. The predicted octanol–water partition coefficient (Wildman–Crippen LogP) is 1.87. The van der Waals surface area contributed by atoms with Crippen LogP contribution in [0, 0.1) is 0 Å². The topological polar surface area (TPSA) is 55.4 Å². The van der Waals surface area contributed by atoms with Gasteiger partial charge in [0.2, 0.25) is 0 Å². The highest BCUT2D eigenvalue weighted by Gasteiger charge is 2.21. The van der Waals surface area contributed by atoms with Crippen LogP contribution in [0.5, 0.6) is 0 Å². The van der Waals surface area contributed by atoms with Crippen LogP contribution in [-0.2, 0) is 28.4 Å². The molecule has 0 N–H and O–H groups in total. The zero-order valence-corrected chi connectivity index (χ0v) is 16.3. The van der Waals surface area contributed by atoms with Gasteiger partial charge in [0.05, 0.1) is 38.6 Å². The Balaban J connectivity index is 3.78. The van der Waals surface area contributed by atoms with E-state index in [1.165, 1.54) is 0 Å². The summed E-state index contributed by atoms with van der Waals surface area (Å²) in [6.45, 7) is 2.69. The van der Waals surface area contributed by atoms with Crippen LogP contribution in [-0.4, -0.2) is 75.3 Å². The van der Waals surface area contributed by atoms with Crippen molar-refractivity contribution in [1.29, 1.82) is 0 Å². The molecular formula is C12H24I2O6. The van der Waals surface area contributed by atoms with E-state index in [1.54, 1.807) is 14.2 Å². The normalized spacial score (nSPS) is 14.4. The Bertz CT molecular complexity index is 179. The largest absolute Gasteiger partial charge is 0.382 e. The molecule has 0 aliphatic heterocycles. The SMILES string of the molecule is COCCOCO[C@@H](CI)[C@H](CI)OCOCCOC. The maximum Gasteiger partial charge on any atom is 0.147 e. The van der Waals surface area contributed by atoms with Gasteiger partial charge in [-0.05, 0) is 0 Å². The Hall–Kier alpha value is 1.22. The first-order valence-electron chi connectivity index (χ1n) is 6.28. The first kappa shape index (κ1) is 21.2. The molecule has 8 heteroatoms. The van der Waals surface area contributed by atoms with E-state index in [9.17, 15) is 0 Å². The van der Waals surface area contributed by atoms with Crippen molar-refractivity contribution in [2.24, 2.45) is 0 Å². The molecule has 0 radical (unpaired) electrons. The summed E-state index contributed by atoms with van der Waals surface area (Å²) in [7, 11) is 3.28. The van der Waals surface area contributed by atoms with Crippen molar-refractivity contribution in [2.45, 2.75) is 12.2 Å². The molecule has 122 valence electrons. The number of hydrogen-bond donors (Lipinski definition) is 0. The highest BCUT2D eigenvalue weighted by molar-refractivity contribution is 14.1. The minimum Gasteiger partial charge on any atom is -0.382 e. The fraction of sp³-hybridized carbons (Fsp3) is 1.00. The maximum absolute atomic E-state index is 5.67. The van der Waals surface area contributed by atoms with Gasteiger partial charge in [-0.3, -0.25) is 0 Å². The summed E-state index contributed by atoms with van der Waals surface area (Å²) in [5.41, 5.74) is 0. The predicted molar refractivity (Wildman–Crippen MR) is 92.9 cm³/mol. The number of alkyl halides is 2. The van der Waals surface area contributed by atoms with Gasteiger partial charge in [-0.2, -0.15) is 0 Å². The van der Waals surface area contributed by atoms with Crippen LogP contribution < -0.4 is 0 Å². The fourth-order valence-electron chi connectivity index (χ4n) is 1.18. The number of rotatable bonds is 15.